The number of carbonyl (C=O) groups is 1. The molecule has 4 heteroatoms. The Balaban J connectivity index is 1.90. The number of aliphatic hydroxyl groups is 1. The molecule has 2 N–H and O–H groups in total. The van der Waals surface area contributed by atoms with Crippen molar-refractivity contribution >= 4 is 22.5 Å². The van der Waals surface area contributed by atoms with Gasteiger partial charge in [-0.1, -0.05) is 42.5 Å². The Bertz CT molecular complexity index is 828. The number of nitrogens with zero attached hydrogens (tertiary/aromatic N) is 1. The summed E-state index contributed by atoms with van der Waals surface area (Å²) in [5.41, 5.74) is 2.40. The molecule has 1 unspecified atom stereocenters. The maximum absolute atomic E-state index is 12.4. The largest absolute Gasteiger partial charge is 0.389 e. The summed E-state index contributed by atoms with van der Waals surface area (Å²) < 4.78 is 0. The summed E-state index contributed by atoms with van der Waals surface area (Å²) in [4.78, 5) is 16.7. The van der Waals surface area contributed by atoms with E-state index in [-0.39, 0.29) is 5.91 Å². The fourth-order valence-corrected chi connectivity index (χ4v) is 2.35. The maximum Gasteiger partial charge on any atom is 0.274 e. The molecule has 4 nitrogen and oxygen atoms in total. The highest BCUT2D eigenvalue weighted by molar-refractivity contribution is 6.04. The van der Waals surface area contributed by atoms with Crippen LogP contribution in [-0.4, -0.2) is 16.0 Å². The average molecular weight is 292 g/mol. The summed E-state index contributed by atoms with van der Waals surface area (Å²) in [5.74, 6) is -0.293. The molecule has 1 amide bonds. The lowest BCUT2D eigenvalue weighted by molar-refractivity contribution is 0.102. The first-order valence-corrected chi connectivity index (χ1v) is 7.09. The first kappa shape index (κ1) is 14.2. The highest BCUT2D eigenvalue weighted by atomic mass is 16.3. The van der Waals surface area contributed by atoms with Crippen LogP contribution in [0, 0.1) is 0 Å². The number of benzene rings is 2. The van der Waals surface area contributed by atoms with Gasteiger partial charge in [-0.2, -0.15) is 0 Å². The maximum atomic E-state index is 12.4. The van der Waals surface area contributed by atoms with Crippen LogP contribution in [0.5, 0.6) is 0 Å². The zero-order valence-corrected chi connectivity index (χ0v) is 12.2. The minimum Gasteiger partial charge on any atom is -0.389 e. The second-order valence-corrected chi connectivity index (χ2v) is 5.11. The Labute approximate surface area is 128 Å². The van der Waals surface area contributed by atoms with E-state index in [1.807, 2.05) is 42.5 Å². The summed E-state index contributed by atoms with van der Waals surface area (Å²) in [6.07, 6.45) is -0.652. The zero-order valence-electron chi connectivity index (χ0n) is 12.2. The van der Waals surface area contributed by atoms with Gasteiger partial charge in [0.2, 0.25) is 0 Å². The minimum atomic E-state index is -0.652. The Hall–Kier alpha value is -2.72. The van der Waals surface area contributed by atoms with Crippen molar-refractivity contribution in [3.8, 4) is 0 Å². The van der Waals surface area contributed by atoms with E-state index in [0.717, 1.165) is 10.9 Å². The summed E-state index contributed by atoms with van der Waals surface area (Å²) in [7, 11) is 0. The molecule has 0 fully saturated rings. The van der Waals surface area contributed by atoms with E-state index in [9.17, 15) is 9.90 Å². The van der Waals surface area contributed by atoms with Crippen LogP contribution in [0.15, 0.2) is 60.7 Å². The highest BCUT2D eigenvalue weighted by Gasteiger charge is 2.12. The Morgan fingerprint density at radius 1 is 1.05 bits per heavy atom. The average Bonchev–Trinajstić information content (AvgIpc) is 2.54. The summed E-state index contributed by atoms with van der Waals surface area (Å²) in [6, 6.07) is 18.4. The van der Waals surface area contributed by atoms with Crippen molar-refractivity contribution in [2.45, 2.75) is 13.0 Å². The number of rotatable bonds is 3. The Kier molecular flexibility index (Phi) is 3.85. The van der Waals surface area contributed by atoms with E-state index < -0.39 is 6.10 Å². The topological polar surface area (TPSA) is 62.2 Å². The number of aromatic nitrogens is 1. The zero-order chi connectivity index (χ0) is 15.5. The van der Waals surface area contributed by atoms with Gasteiger partial charge in [-0.25, -0.2) is 4.98 Å². The van der Waals surface area contributed by atoms with Gasteiger partial charge in [0.25, 0.3) is 5.91 Å². The van der Waals surface area contributed by atoms with E-state index in [2.05, 4.69) is 10.3 Å². The van der Waals surface area contributed by atoms with E-state index in [4.69, 9.17) is 0 Å². The molecule has 22 heavy (non-hydrogen) atoms. The predicted octanol–water partition coefficient (Wildman–Crippen LogP) is 3.54. The number of aliphatic hydroxyl groups excluding tert-OH is 1. The molecular formula is C18H16N2O2. The quantitative estimate of drug-likeness (QED) is 0.776. The van der Waals surface area contributed by atoms with Crippen molar-refractivity contribution in [1.82, 2.24) is 4.98 Å². The van der Waals surface area contributed by atoms with Crippen molar-refractivity contribution in [2.75, 3.05) is 5.32 Å². The normalized spacial score (nSPS) is 12.1. The first-order valence-electron chi connectivity index (χ1n) is 7.09. The van der Waals surface area contributed by atoms with E-state index in [1.165, 1.54) is 0 Å². The number of amides is 1. The van der Waals surface area contributed by atoms with Crippen LogP contribution in [0.3, 0.4) is 0 Å². The molecule has 0 aliphatic heterocycles. The number of pyridine rings is 1. The van der Waals surface area contributed by atoms with Gasteiger partial charge < -0.3 is 10.4 Å². The monoisotopic (exact) mass is 292 g/mol. The van der Waals surface area contributed by atoms with Crippen molar-refractivity contribution in [3.05, 3.63) is 71.9 Å². The van der Waals surface area contributed by atoms with Crippen LogP contribution < -0.4 is 5.32 Å². The standard InChI is InChI=1S/C18H16N2O2/c1-12(21)14-7-3-5-9-16(14)20-18(22)17-11-10-13-6-2-4-8-15(13)19-17/h2-12,21H,1H3,(H,20,22). The van der Waals surface area contributed by atoms with Gasteiger partial charge >= 0.3 is 0 Å². The predicted molar refractivity (Wildman–Crippen MR) is 86.8 cm³/mol. The molecule has 0 aliphatic carbocycles. The number of nitrogens with one attached hydrogen (secondary N) is 1. The van der Waals surface area contributed by atoms with E-state index in [0.29, 0.717) is 16.9 Å². The van der Waals surface area contributed by atoms with Crippen molar-refractivity contribution < 1.29 is 9.90 Å². The molecule has 0 radical (unpaired) electrons. The molecule has 1 aromatic heterocycles. The van der Waals surface area contributed by atoms with Crippen molar-refractivity contribution in [2.24, 2.45) is 0 Å². The second kappa shape index (κ2) is 5.95. The molecule has 3 rings (SSSR count). The molecule has 1 heterocycles. The van der Waals surface area contributed by atoms with Gasteiger partial charge in [-0.05, 0) is 25.1 Å². The molecule has 0 saturated heterocycles. The van der Waals surface area contributed by atoms with Crippen LogP contribution in [-0.2, 0) is 0 Å². The van der Waals surface area contributed by atoms with Gasteiger partial charge in [0.15, 0.2) is 0 Å². The number of fused-ring (bicyclic) bond motifs is 1. The van der Waals surface area contributed by atoms with Crippen LogP contribution >= 0.6 is 0 Å². The molecule has 110 valence electrons. The van der Waals surface area contributed by atoms with Gasteiger partial charge in [0, 0.05) is 16.6 Å². The third-order valence-corrected chi connectivity index (χ3v) is 3.49. The number of hydrogen-bond donors (Lipinski definition) is 2. The van der Waals surface area contributed by atoms with Gasteiger partial charge in [0.1, 0.15) is 5.69 Å². The molecule has 3 aromatic rings. The van der Waals surface area contributed by atoms with Crippen LogP contribution in [0.25, 0.3) is 10.9 Å². The fraction of sp³-hybridized carbons (Fsp3) is 0.111. The number of anilines is 1. The third kappa shape index (κ3) is 2.82. The molecular weight excluding hydrogens is 276 g/mol. The third-order valence-electron chi connectivity index (χ3n) is 3.49. The number of hydrogen-bond acceptors (Lipinski definition) is 3. The second-order valence-electron chi connectivity index (χ2n) is 5.11. The van der Waals surface area contributed by atoms with E-state index >= 15 is 0 Å². The van der Waals surface area contributed by atoms with Crippen molar-refractivity contribution in [1.29, 1.82) is 0 Å². The Morgan fingerprint density at radius 3 is 2.59 bits per heavy atom. The van der Waals surface area contributed by atoms with Crippen LogP contribution in [0.4, 0.5) is 5.69 Å². The van der Waals surface area contributed by atoms with Crippen molar-refractivity contribution in [3.63, 3.8) is 0 Å². The molecule has 0 aliphatic rings. The molecule has 2 aromatic carbocycles. The Morgan fingerprint density at radius 2 is 1.77 bits per heavy atom. The van der Waals surface area contributed by atoms with Crippen LogP contribution in [0.2, 0.25) is 0 Å². The highest BCUT2D eigenvalue weighted by Crippen LogP contribution is 2.23. The summed E-state index contributed by atoms with van der Waals surface area (Å²) in [6.45, 7) is 1.67. The van der Waals surface area contributed by atoms with Gasteiger partial charge in [-0.3, -0.25) is 4.79 Å². The lowest BCUT2D eigenvalue weighted by Crippen LogP contribution is -2.15. The molecule has 1 atom stereocenters. The summed E-state index contributed by atoms with van der Waals surface area (Å²) in [5, 5.41) is 13.6. The lowest BCUT2D eigenvalue weighted by Gasteiger charge is -2.12. The number of para-hydroxylation sites is 2. The molecule has 0 bridgehead atoms. The van der Waals surface area contributed by atoms with Gasteiger partial charge in [-0.15, -0.1) is 0 Å². The lowest BCUT2D eigenvalue weighted by atomic mass is 10.1. The molecule has 0 saturated carbocycles. The SMILES string of the molecule is CC(O)c1ccccc1NC(=O)c1ccc2ccccc2n1. The van der Waals surface area contributed by atoms with Crippen LogP contribution in [0.1, 0.15) is 29.1 Å². The molecule has 0 spiro atoms. The van der Waals surface area contributed by atoms with E-state index in [1.54, 1.807) is 25.1 Å². The van der Waals surface area contributed by atoms with Gasteiger partial charge in [0.05, 0.1) is 11.6 Å². The fourth-order valence-electron chi connectivity index (χ4n) is 2.35. The minimum absolute atomic E-state index is 0.293. The summed E-state index contributed by atoms with van der Waals surface area (Å²) >= 11 is 0. The first-order chi connectivity index (χ1) is 10.6. The number of carbonyl (C=O) groups excluding carboxylic acids is 1. The smallest absolute Gasteiger partial charge is 0.274 e.